The predicted molar refractivity (Wildman–Crippen MR) is 96.4 cm³/mol. The smallest absolute Gasteiger partial charge is 0.336 e. The third kappa shape index (κ3) is 5.54. The van der Waals surface area contributed by atoms with Crippen molar-refractivity contribution in [2.24, 2.45) is 4.36 Å². The van der Waals surface area contributed by atoms with Gasteiger partial charge in [-0.2, -0.15) is 12.8 Å². The fourth-order valence-electron chi connectivity index (χ4n) is 2.40. The molecule has 25 heavy (non-hydrogen) atoms. The highest BCUT2D eigenvalue weighted by atomic mass is 32.2. The van der Waals surface area contributed by atoms with Gasteiger partial charge in [-0.25, -0.2) is 4.79 Å². The second-order valence-electron chi connectivity index (χ2n) is 5.10. The van der Waals surface area contributed by atoms with Crippen LogP contribution in [0.5, 0.6) is 0 Å². The summed E-state index contributed by atoms with van der Waals surface area (Å²) in [5.74, 6) is -0.994. The van der Waals surface area contributed by atoms with Crippen molar-refractivity contribution in [2.75, 3.05) is 6.54 Å². The molecule has 0 unspecified atom stereocenters. The van der Waals surface area contributed by atoms with Crippen LogP contribution in [-0.4, -0.2) is 26.0 Å². The molecule has 2 aliphatic carbocycles. The first-order valence-corrected chi connectivity index (χ1v) is 8.63. The summed E-state index contributed by atoms with van der Waals surface area (Å²) in [5, 5.41) is 9.17. The van der Waals surface area contributed by atoms with Crippen molar-refractivity contribution < 1.29 is 18.3 Å². The summed E-state index contributed by atoms with van der Waals surface area (Å²) in [5.41, 5.74) is 2.48. The van der Waals surface area contributed by atoms with Gasteiger partial charge in [-0.15, -0.1) is 0 Å². The molecule has 0 heterocycles. The molecule has 1 aromatic carbocycles. The number of benzene rings is 1. The molecule has 0 aliphatic heterocycles. The van der Waals surface area contributed by atoms with Gasteiger partial charge in [-0.3, -0.25) is 0 Å². The number of aromatic carboxylic acids is 1. The Balaban J connectivity index is 0.000000316. The highest BCUT2D eigenvalue weighted by molar-refractivity contribution is 7.61. The molecule has 0 amide bonds. The topological polar surface area (TPSA) is 83.8 Å². The summed E-state index contributed by atoms with van der Waals surface area (Å²) in [6.45, 7) is 0.118. The maximum Gasteiger partial charge on any atom is 0.336 e. The highest BCUT2D eigenvalue weighted by Gasteiger charge is 2.18. The number of nitrogens with zero attached hydrogens (tertiary/aromatic N) is 1. The number of hydrogen-bond acceptors (Lipinski definition) is 4. The van der Waals surface area contributed by atoms with Gasteiger partial charge in [0.05, 0.1) is 12.1 Å². The maximum atomic E-state index is 11.2. The lowest BCUT2D eigenvalue weighted by atomic mass is 10.1. The molecule has 0 saturated heterocycles. The van der Waals surface area contributed by atoms with Gasteiger partial charge in [0.2, 0.25) is 0 Å². The number of fused-ring (bicyclic) bond motifs is 1. The lowest BCUT2D eigenvalue weighted by Crippen LogP contribution is -1.94. The zero-order valence-corrected chi connectivity index (χ0v) is 14.2. The second-order valence-corrected chi connectivity index (χ2v) is 5.79. The molecular weight excluding hydrogens is 338 g/mol. The van der Waals surface area contributed by atoms with Crippen LogP contribution in [0.15, 0.2) is 77.2 Å². The standard InChI is InChI=1S/C13H11NO4S.C6H6/c15-13(16)12-8-9(6-7-14-19(17)18)10-4-2-1-3-5-11(10)12;1-2-4-6-5-3-1/h1-5,8H,6-7H2,(H,15,16);1-6H. The fourth-order valence-corrected chi connectivity index (χ4v) is 2.64. The summed E-state index contributed by atoms with van der Waals surface area (Å²) >= 11 is 0. The molecule has 0 aromatic heterocycles. The summed E-state index contributed by atoms with van der Waals surface area (Å²) in [7, 11) is -2.43. The molecule has 128 valence electrons. The Labute approximate surface area is 147 Å². The van der Waals surface area contributed by atoms with Crippen LogP contribution in [0.1, 0.15) is 15.9 Å². The molecule has 0 spiro atoms. The Morgan fingerprint density at radius 2 is 1.40 bits per heavy atom. The van der Waals surface area contributed by atoms with E-state index in [0.29, 0.717) is 12.0 Å². The molecule has 0 bridgehead atoms. The first kappa shape index (κ1) is 18.4. The van der Waals surface area contributed by atoms with Crippen molar-refractivity contribution >= 4 is 16.5 Å². The Hall–Kier alpha value is -2.99. The average Bonchev–Trinajstić information content (AvgIpc) is 2.79. The van der Waals surface area contributed by atoms with E-state index in [9.17, 15) is 13.2 Å². The van der Waals surface area contributed by atoms with E-state index in [1.54, 1.807) is 18.2 Å². The van der Waals surface area contributed by atoms with Gasteiger partial charge in [0, 0.05) is 0 Å². The van der Waals surface area contributed by atoms with Crippen LogP contribution in [0.3, 0.4) is 0 Å². The zero-order chi connectivity index (χ0) is 18.1. The van der Waals surface area contributed by atoms with E-state index < -0.39 is 16.5 Å². The minimum absolute atomic E-state index is 0.118. The van der Waals surface area contributed by atoms with Crippen molar-refractivity contribution in [3.63, 3.8) is 0 Å². The van der Waals surface area contributed by atoms with Gasteiger partial charge in [-0.1, -0.05) is 66.7 Å². The summed E-state index contributed by atoms with van der Waals surface area (Å²) in [4.78, 5) is 11.2. The fraction of sp³-hybridized carbons (Fsp3) is 0.105. The van der Waals surface area contributed by atoms with E-state index in [2.05, 4.69) is 4.36 Å². The van der Waals surface area contributed by atoms with Gasteiger partial charge >= 0.3 is 16.5 Å². The minimum Gasteiger partial charge on any atom is -0.478 e. The van der Waals surface area contributed by atoms with Crippen molar-refractivity contribution in [1.29, 1.82) is 0 Å². The number of carboxylic acid groups (broad SMARTS) is 1. The molecule has 0 atom stereocenters. The highest BCUT2D eigenvalue weighted by Crippen LogP contribution is 2.32. The van der Waals surface area contributed by atoms with Gasteiger partial charge in [-0.05, 0) is 29.2 Å². The van der Waals surface area contributed by atoms with Crippen molar-refractivity contribution in [1.82, 2.24) is 0 Å². The lowest BCUT2D eigenvalue weighted by Gasteiger charge is -1.98. The van der Waals surface area contributed by atoms with Crippen LogP contribution in [0, 0.1) is 0 Å². The van der Waals surface area contributed by atoms with E-state index in [1.807, 2.05) is 54.6 Å². The first-order valence-electron chi connectivity index (χ1n) is 7.60. The van der Waals surface area contributed by atoms with E-state index in [-0.39, 0.29) is 12.1 Å². The third-order valence-electron chi connectivity index (χ3n) is 3.47. The van der Waals surface area contributed by atoms with E-state index in [4.69, 9.17) is 5.11 Å². The molecule has 6 heteroatoms. The predicted octanol–water partition coefficient (Wildman–Crippen LogP) is 3.78. The monoisotopic (exact) mass is 355 g/mol. The van der Waals surface area contributed by atoms with Crippen molar-refractivity contribution in [3.8, 4) is 11.1 Å². The van der Waals surface area contributed by atoms with E-state index in [0.717, 1.165) is 11.1 Å². The number of hydrogen-bond donors (Lipinski definition) is 1. The average molecular weight is 355 g/mol. The molecule has 1 N–H and O–H groups in total. The molecule has 0 radical (unpaired) electrons. The normalized spacial score (nSPS) is 9.76. The van der Waals surface area contributed by atoms with Crippen molar-refractivity contribution in [3.05, 3.63) is 83.9 Å². The van der Waals surface area contributed by atoms with Crippen LogP contribution in [0.2, 0.25) is 0 Å². The van der Waals surface area contributed by atoms with Gasteiger partial charge in [0.25, 0.3) is 0 Å². The van der Waals surface area contributed by atoms with Crippen LogP contribution in [0.25, 0.3) is 11.1 Å². The molecule has 5 nitrogen and oxygen atoms in total. The Bertz CT molecular complexity index is 902. The molecule has 0 saturated carbocycles. The minimum atomic E-state index is -2.43. The molecule has 0 fully saturated rings. The summed E-state index contributed by atoms with van der Waals surface area (Å²) in [6, 6.07) is 22.6. The SMILES string of the molecule is O=C(O)c1cc(CCN=S(=O)=O)c2cccccc1-2.c1ccccc1. The van der Waals surface area contributed by atoms with Gasteiger partial charge in [0.15, 0.2) is 0 Å². The number of rotatable bonds is 4. The summed E-state index contributed by atoms with van der Waals surface area (Å²) in [6.07, 6.45) is 0.391. The van der Waals surface area contributed by atoms with E-state index >= 15 is 0 Å². The maximum absolute atomic E-state index is 11.2. The number of carbonyl (C=O) groups is 1. The zero-order valence-electron chi connectivity index (χ0n) is 13.4. The Morgan fingerprint density at radius 3 is 1.92 bits per heavy atom. The lowest BCUT2D eigenvalue weighted by molar-refractivity contribution is 0.0698. The van der Waals surface area contributed by atoms with Crippen molar-refractivity contribution in [2.45, 2.75) is 6.42 Å². The van der Waals surface area contributed by atoms with Gasteiger partial charge in [0.1, 0.15) is 0 Å². The Kier molecular flexibility index (Phi) is 6.86. The van der Waals surface area contributed by atoms with Crippen LogP contribution in [-0.2, 0) is 16.9 Å². The van der Waals surface area contributed by atoms with Crippen LogP contribution < -0.4 is 0 Å². The number of carboxylic acids is 1. The van der Waals surface area contributed by atoms with Gasteiger partial charge < -0.3 is 5.11 Å². The molecule has 3 rings (SSSR count). The largest absolute Gasteiger partial charge is 0.478 e. The molecule has 2 aliphatic rings. The second kappa shape index (κ2) is 9.34. The quantitative estimate of drug-likeness (QED) is 0.772. The molecular formula is C19H17NO4S. The Morgan fingerprint density at radius 1 is 0.880 bits per heavy atom. The molecule has 1 aromatic rings. The van der Waals surface area contributed by atoms with E-state index in [1.165, 1.54) is 0 Å². The van der Waals surface area contributed by atoms with Crippen LogP contribution in [0.4, 0.5) is 0 Å². The van der Waals surface area contributed by atoms with Crippen LogP contribution >= 0.6 is 0 Å². The third-order valence-corrected chi connectivity index (χ3v) is 3.86. The summed E-state index contributed by atoms with van der Waals surface area (Å²) < 4.78 is 24.1. The first-order chi connectivity index (χ1) is 12.1.